The third-order valence-corrected chi connectivity index (χ3v) is 7.00. The number of carbonyl (C=O) groups is 2. The molecule has 3 aromatic rings. The Hall–Kier alpha value is -3.76. The van der Waals surface area contributed by atoms with E-state index in [9.17, 15) is 14.0 Å². The molecular weight excluding hydrogens is 525 g/mol. The van der Waals surface area contributed by atoms with Gasteiger partial charge in [0.1, 0.15) is 30.3 Å². The van der Waals surface area contributed by atoms with Crippen LogP contribution in [0.25, 0.3) is 10.9 Å². The summed E-state index contributed by atoms with van der Waals surface area (Å²) in [5, 5.41) is 6.67. The van der Waals surface area contributed by atoms with E-state index < -0.39 is 5.82 Å². The van der Waals surface area contributed by atoms with Gasteiger partial charge in [-0.3, -0.25) is 14.5 Å². The van der Waals surface area contributed by atoms with Crippen molar-refractivity contribution in [3.05, 3.63) is 59.7 Å². The van der Waals surface area contributed by atoms with Crippen molar-refractivity contribution >= 4 is 51.6 Å². The number of benzene rings is 2. The minimum Gasteiger partial charge on any atom is -0.491 e. The zero-order valence-electron chi connectivity index (χ0n) is 21.7. The molecule has 0 atom stereocenters. The quantitative estimate of drug-likeness (QED) is 0.279. The molecule has 1 amide bonds. The fourth-order valence-electron chi connectivity index (χ4n) is 4.14. The van der Waals surface area contributed by atoms with Crippen LogP contribution in [0.3, 0.4) is 0 Å². The molecule has 1 aromatic heterocycles. The molecule has 5 rings (SSSR count). The van der Waals surface area contributed by atoms with Crippen LogP contribution in [0.15, 0.2) is 48.8 Å². The van der Waals surface area contributed by atoms with Crippen LogP contribution in [0.5, 0.6) is 5.75 Å². The molecule has 2 aliphatic rings. The van der Waals surface area contributed by atoms with Gasteiger partial charge in [-0.1, -0.05) is 17.7 Å². The summed E-state index contributed by atoms with van der Waals surface area (Å²) in [4.78, 5) is 35.3. The number of ether oxygens (including phenoxy) is 2. The Morgan fingerprint density at radius 3 is 2.87 bits per heavy atom. The lowest BCUT2D eigenvalue weighted by Crippen LogP contribution is -2.54. The lowest BCUT2D eigenvalue weighted by molar-refractivity contribution is -0.159. The molecule has 1 aliphatic heterocycles. The van der Waals surface area contributed by atoms with Gasteiger partial charge in [0.15, 0.2) is 0 Å². The number of hydrogen-bond acceptors (Lipinski definition) is 8. The normalized spacial score (nSPS) is 17.3. The first-order chi connectivity index (χ1) is 18.7. The van der Waals surface area contributed by atoms with Crippen molar-refractivity contribution in [1.29, 1.82) is 0 Å². The second kappa shape index (κ2) is 11.2. The van der Waals surface area contributed by atoms with Crippen molar-refractivity contribution in [2.24, 2.45) is 5.92 Å². The Balaban J connectivity index is 1.38. The highest BCUT2D eigenvalue weighted by Gasteiger charge is 2.34. The van der Waals surface area contributed by atoms with E-state index in [0.29, 0.717) is 59.5 Å². The number of cyclic esters (lactones) is 1. The maximum atomic E-state index is 13.6. The SMILES string of the molecule is CC1(C)COC(=O)CN1C/C=C/C(=O)Nc1cc2c(Nc3ccc(F)c(Cl)c3)ncnc2cc1OCC1CC1. The zero-order chi connectivity index (χ0) is 27.6. The number of nitrogens with zero attached hydrogens (tertiary/aromatic N) is 3. The van der Waals surface area contributed by atoms with Crippen LogP contribution in [-0.2, 0) is 14.3 Å². The molecule has 0 bridgehead atoms. The average Bonchev–Trinajstić information content (AvgIpc) is 3.72. The van der Waals surface area contributed by atoms with E-state index in [1.54, 1.807) is 24.3 Å². The molecule has 2 fully saturated rings. The summed E-state index contributed by atoms with van der Waals surface area (Å²) < 4.78 is 24.8. The number of rotatable bonds is 9. The summed E-state index contributed by atoms with van der Waals surface area (Å²) in [5.41, 5.74) is 1.30. The molecule has 2 heterocycles. The lowest BCUT2D eigenvalue weighted by atomic mass is 10.0. The first kappa shape index (κ1) is 26.8. The van der Waals surface area contributed by atoms with Gasteiger partial charge in [0.2, 0.25) is 5.91 Å². The van der Waals surface area contributed by atoms with Crippen LogP contribution in [0, 0.1) is 11.7 Å². The van der Waals surface area contributed by atoms with E-state index in [1.165, 1.54) is 24.5 Å². The lowest BCUT2D eigenvalue weighted by Gasteiger charge is -2.40. The second-order valence-electron chi connectivity index (χ2n) is 10.3. The predicted octanol–water partition coefficient (Wildman–Crippen LogP) is 5.09. The van der Waals surface area contributed by atoms with Gasteiger partial charge >= 0.3 is 5.97 Å². The molecule has 2 aromatic carbocycles. The number of aromatic nitrogens is 2. The fraction of sp³-hybridized carbons (Fsp3) is 0.357. The van der Waals surface area contributed by atoms with Gasteiger partial charge in [0.05, 0.1) is 34.9 Å². The highest BCUT2D eigenvalue weighted by atomic mass is 35.5. The fourth-order valence-corrected chi connectivity index (χ4v) is 4.32. The third kappa shape index (κ3) is 6.63. The van der Waals surface area contributed by atoms with E-state index in [2.05, 4.69) is 20.6 Å². The minimum absolute atomic E-state index is 0.0151. The molecule has 2 N–H and O–H groups in total. The molecule has 9 nitrogen and oxygen atoms in total. The van der Waals surface area contributed by atoms with Crippen LogP contribution in [0.4, 0.5) is 21.6 Å². The molecule has 0 unspecified atom stereocenters. The average molecular weight is 554 g/mol. The van der Waals surface area contributed by atoms with Crippen LogP contribution in [0.1, 0.15) is 26.7 Å². The zero-order valence-corrected chi connectivity index (χ0v) is 22.4. The van der Waals surface area contributed by atoms with Crippen LogP contribution < -0.4 is 15.4 Å². The number of hydrogen-bond donors (Lipinski definition) is 2. The first-order valence-corrected chi connectivity index (χ1v) is 13.1. The van der Waals surface area contributed by atoms with E-state index in [-0.39, 0.29) is 29.0 Å². The molecular formula is C28H29ClFN5O4. The smallest absolute Gasteiger partial charge is 0.320 e. The Labute approximate surface area is 230 Å². The van der Waals surface area contributed by atoms with E-state index in [1.807, 2.05) is 18.7 Å². The molecule has 1 aliphatic carbocycles. The van der Waals surface area contributed by atoms with Crippen molar-refractivity contribution in [2.75, 3.05) is 36.9 Å². The molecule has 0 spiro atoms. The summed E-state index contributed by atoms with van der Waals surface area (Å²) in [6, 6.07) is 7.81. The van der Waals surface area contributed by atoms with Gasteiger partial charge in [-0.05, 0) is 56.9 Å². The third-order valence-electron chi connectivity index (χ3n) is 6.71. The summed E-state index contributed by atoms with van der Waals surface area (Å²) in [5.74, 6) is 0.325. The van der Waals surface area contributed by atoms with Crippen molar-refractivity contribution in [3.63, 3.8) is 0 Å². The highest BCUT2D eigenvalue weighted by molar-refractivity contribution is 6.31. The number of morpholine rings is 1. The monoisotopic (exact) mass is 553 g/mol. The van der Waals surface area contributed by atoms with Gasteiger partial charge in [0, 0.05) is 29.8 Å². The van der Waals surface area contributed by atoms with Gasteiger partial charge in [-0.2, -0.15) is 0 Å². The predicted molar refractivity (Wildman–Crippen MR) is 147 cm³/mol. The van der Waals surface area contributed by atoms with Crippen molar-refractivity contribution in [3.8, 4) is 5.75 Å². The summed E-state index contributed by atoms with van der Waals surface area (Å²) in [6.07, 6.45) is 6.81. The number of nitrogens with one attached hydrogen (secondary N) is 2. The Morgan fingerprint density at radius 1 is 1.28 bits per heavy atom. The van der Waals surface area contributed by atoms with Crippen LogP contribution >= 0.6 is 11.6 Å². The van der Waals surface area contributed by atoms with Gasteiger partial charge in [-0.25, -0.2) is 14.4 Å². The largest absolute Gasteiger partial charge is 0.491 e. The number of carbonyl (C=O) groups excluding carboxylic acids is 2. The number of esters is 1. The van der Waals surface area contributed by atoms with Crippen molar-refractivity contribution < 1.29 is 23.5 Å². The molecule has 39 heavy (non-hydrogen) atoms. The van der Waals surface area contributed by atoms with Gasteiger partial charge in [-0.15, -0.1) is 0 Å². The van der Waals surface area contributed by atoms with E-state index in [0.717, 1.165) is 12.8 Å². The standard InChI is InChI=1S/C28H29ClFN5O4/c1-28(2)15-39-26(37)13-35(28)9-3-4-25(36)34-23-11-19-22(12-24(23)38-14-17-5-6-17)31-16-32-27(19)33-18-7-8-21(30)20(29)10-18/h3-4,7-8,10-12,16-17H,5-6,9,13-15H2,1-2H3,(H,34,36)(H,31,32,33)/b4-3+. The summed E-state index contributed by atoms with van der Waals surface area (Å²) in [6.45, 7) is 5.40. The number of halogens is 2. The summed E-state index contributed by atoms with van der Waals surface area (Å²) in [7, 11) is 0. The molecule has 11 heteroatoms. The number of fused-ring (bicyclic) bond motifs is 1. The topological polar surface area (TPSA) is 106 Å². The van der Waals surface area contributed by atoms with E-state index >= 15 is 0 Å². The van der Waals surface area contributed by atoms with Crippen molar-refractivity contribution in [2.45, 2.75) is 32.2 Å². The molecule has 204 valence electrons. The number of anilines is 3. The van der Waals surface area contributed by atoms with Gasteiger partial charge in [0.25, 0.3) is 0 Å². The Bertz CT molecular complexity index is 1440. The Morgan fingerprint density at radius 2 is 2.10 bits per heavy atom. The maximum absolute atomic E-state index is 13.6. The maximum Gasteiger partial charge on any atom is 0.320 e. The number of amides is 1. The summed E-state index contributed by atoms with van der Waals surface area (Å²) >= 11 is 5.94. The highest BCUT2D eigenvalue weighted by Crippen LogP contribution is 2.36. The van der Waals surface area contributed by atoms with Crippen LogP contribution in [-0.4, -0.2) is 58.6 Å². The minimum atomic E-state index is -0.519. The molecule has 0 radical (unpaired) electrons. The first-order valence-electron chi connectivity index (χ1n) is 12.7. The van der Waals surface area contributed by atoms with Crippen LogP contribution in [0.2, 0.25) is 5.02 Å². The van der Waals surface area contributed by atoms with Crippen molar-refractivity contribution in [1.82, 2.24) is 14.9 Å². The Kier molecular flexibility index (Phi) is 7.67. The molecule has 1 saturated heterocycles. The van der Waals surface area contributed by atoms with Gasteiger partial charge < -0.3 is 20.1 Å². The molecule has 1 saturated carbocycles. The van der Waals surface area contributed by atoms with E-state index in [4.69, 9.17) is 21.1 Å². The second-order valence-corrected chi connectivity index (χ2v) is 10.7.